The Morgan fingerprint density at radius 2 is 0.854 bits per heavy atom. The van der Waals surface area contributed by atoms with Crippen LogP contribution in [0.4, 0.5) is 0 Å². The molecule has 0 aliphatic heterocycles. The van der Waals surface area contributed by atoms with Crippen molar-refractivity contribution in [1.82, 2.24) is 13.7 Å². The van der Waals surface area contributed by atoms with Crippen molar-refractivity contribution in [3.63, 3.8) is 0 Å². The molecule has 0 bridgehead atoms. The number of benzene rings is 6. The van der Waals surface area contributed by atoms with Gasteiger partial charge >= 0.3 is 0 Å². The summed E-state index contributed by atoms with van der Waals surface area (Å²) in [6, 6.07) is 52.5. The van der Waals surface area contributed by atoms with Gasteiger partial charge in [-0.2, -0.15) is 0 Å². The van der Waals surface area contributed by atoms with Gasteiger partial charge in [0.05, 0.1) is 27.6 Å². The molecule has 0 N–H and O–H groups in total. The SMILES string of the molecule is c1ccc(-n2c3ccccc3c3cc(-n4ccc5cc6c(cc54)c4ccccc4n6-c4ccccc4)ccc32)cc1. The second-order valence-corrected chi connectivity index (χ2v) is 10.7. The predicted octanol–water partition coefficient (Wildman–Crippen LogP) is 9.82. The van der Waals surface area contributed by atoms with E-state index in [-0.39, 0.29) is 0 Å². The number of nitrogens with zero attached hydrogens (tertiary/aromatic N) is 3. The molecule has 41 heavy (non-hydrogen) atoms. The minimum Gasteiger partial charge on any atom is -0.317 e. The molecule has 3 heterocycles. The first-order valence-electron chi connectivity index (χ1n) is 14.0. The topological polar surface area (TPSA) is 14.8 Å². The molecule has 0 amide bonds. The molecule has 3 heteroatoms. The van der Waals surface area contributed by atoms with E-state index in [2.05, 4.69) is 165 Å². The van der Waals surface area contributed by atoms with Crippen LogP contribution in [0.5, 0.6) is 0 Å². The quantitative estimate of drug-likeness (QED) is 0.219. The Labute approximate surface area is 236 Å². The fourth-order valence-electron chi connectivity index (χ4n) is 6.64. The fourth-order valence-corrected chi connectivity index (χ4v) is 6.64. The van der Waals surface area contributed by atoms with Crippen molar-refractivity contribution in [3.8, 4) is 17.1 Å². The van der Waals surface area contributed by atoms with E-state index in [0.29, 0.717) is 0 Å². The van der Waals surface area contributed by atoms with Crippen molar-refractivity contribution in [1.29, 1.82) is 0 Å². The zero-order valence-electron chi connectivity index (χ0n) is 22.3. The van der Waals surface area contributed by atoms with Gasteiger partial charge in [-0.1, -0.05) is 72.8 Å². The van der Waals surface area contributed by atoms with Crippen LogP contribution in [-0.4, -0.2) is 13.7 Å². The number of fused-ring (bicyclic) bond motifs is 7. The average Bonchev–Trinajstić information content (AvgIpc) is 3.70. The van der Waals surface area contributed by atoms with Crippen molar-refractivity contribution < 1.29 is 0 Å². The third-order valence-electron chi connectivity index (χ3n) is 8.45. The molecule has 0 aliphatic rings. The molecule has 0 saturated carbocycles. The Kier molecular flexibility index (Phi) is 4.61. The number of aromatic nitrogens is 3. The molecule has 0 radical (unpaired) electrons. The molecule has 0 spiro atoms. The Morgan fingerprint density at radius 3 is 1.51 bits per heavy atom. The summed E-state index contributed by atoms with van der Waals surface area (Å²) < 4.78 is 7.08. The van der Waals surface area contributed by atoms with Crippen molar-refractivity contribution >= 4 is 54.5 Å². The number of rotatable bonds is 3. The lowest BCUT2D eigenvalue weighted by Crippen LogP contribution is -1.95. The first-order chi connectivity index (χ1) is 20.3. The van der Waals surface area contributed by atoms with E-state index in [4.69, 9.17) is 0 Å². The maximum Gasteiger partial charge on any atom is 0.0548 e. The summed E-state index contributed by atoms with van der Waals surface area (Å²) in [6.45, 7) is 0. The van der Waals surface area contributed by atoms with Gasteiger partial charge in [0.15, 0.2) is 0 Å². The largest absolute Gasteiger partial charge is 0.317 e. The van der Waals surface area contributed by atoms with Gasteiger partial charge in [-0.15, -0.1) is 0 Å². The van der Waals surface area contributed by atoms with E-state index >= 15 is 0 Å². The molecule has 0 fully saturated rings. The van der Waals surface area contributed by atoms with Gasteiger partial charge in [-0.3, -0.25) is 0 Å². The summed E-state index contributed by atoms with van der Waals surface area (Å²) >= 11 is 0. The highest BCUT2D eigenvalue weighted by molar-refractivity contribution is 6.14. The number of hydrogen-bond donors (Lipinski definition) is 0. The monoisotopic (exact) mass is 523 g/mol. The van der Waals surface area contributed by atoms with Crippen molar-refractivity contribution in [2.75, 3.05) is 0 Å². The highest BCUT2D eigenvalue weighted by atomic mass is 15.0. The van der Waals surface area contributed by atoms with Crippen molar-refractivity contribution in [2.24, 2.45) is 0 Å². The minimum atomic E-state index is 1.16. The zero-order chi connectivity index (χ0) is 26.9. The molecule has 3 aromatic heterocycles. The van der Waals surface area contributed by atoms with Crippen LogP contribution in [0.25, 0.3) is 71.6 Å². The van der Waals surface area contributed by atoms with Crippen molar-refractivity contribution in [2.45, 2.75) is 0 Å². The van der Waals surface area contributed by atoms with E-state index < -0.39 is 0 Å². The Hall–Kier alpha value is -5.54. The summed E-state index contributed by atoms with van der Waals surface area (Å²) in [5.74, 6) is 0. The molecule has 9 rings (SSSR count). The lowest BCUT2D eigenvalue weighted by molar-refractivity contribution is 1.13. The second-order valence-electron chi connectivity index (χ2n) is 10.7. The fraction of sp³-hybridized carbons (Fsp3) is 0. The first kappa shape index (κ1) is 22.3. The third kappa shape index (κ3) is 3.20. The van der Waals surface area contributed by atoms with Crippen molar-refractivity contribution in [3.05, 3.63) is 152 Å². The first-order valence-corrected chi connectivity index (χ1v) is 14.0. The van der Waals surface area contributed by atoms with Crippen LogP contribution >= 0.6 is 0 Å². The van der Waals surface area contributed by atoms with Gasteiger partial charge in [0, 0.05) is 50.2 Å². The van der Waals surface area contributed by atoms with E-state index in [9.17, 15) is 0 Å². The van der Waals surface area contributed by atoms with Gasteiger partial charge in [0.1, 0.15) is 0 Å². The van der Waals surface area contributed by atoms with Crippen LogP contribution in [0, 0.1) is 0 Å². The van der Waals surface area contributed by atoms with Gasteiger partial charge in [-0.05, 0) is 72.8 Å². The normalized spacial score (nSPS) is 11.9. The van der Waals surface area contributed by atoms with Gasteiger partial charge in [0.2, 0.25) is 0 Å². The number of para-hydroxylation sites is 4. The second kappa shape index (κ2) is 8.48. The van der Waals surface area contributed by atoms with Crippen LogP contribution in [-0.2, 0) is 0 Å². The lowest BCUT2D eigenvalue weighted by Gasteiger charge is -2.10. The smallest absolute Gasteiger partial charge is 0.0548 e. The summed E-state index contributed by atoms with van der Waals surface area (Å²) in [5.41, 5.74) is 9.61. The van der Waals surface area contributed by atoms with E-state index in [0.717, 1.165) is 5.69 Å². The van der Waals surface area contributed by atoms with Gasteiger partial charge in [-0.25, -0.2) is 0 Å². The highest BCUT2D eigenvalue weighted by Crippen LogP contribution is 2.37. The van der Waals surface area contributed by atoms with E-state index in [1.165, 1.54) is 65.9 Å². The molecular weight excluding hydrogens is 498 g/mol. The van der Waals surface area contributed by atoms with Crippen LogP contribution in [0.3, 0.4) is 0 Å². The Morgan fingerprint density at radius 1 is 0.317 bits per heavy atom. The Balaban J connectivity index is 1.30. The zero-order valence-corrected chi connectivity index (χ0v) is 22.3. The highest BCUT2D eigenvalue weighted by Gasteiger charge is 2.16. The van der Waals surface area contributed by atoms with Crippen LogP contribution in [0.1, 0.15) is 0 Å². The van der Waals surface area contributed by atoms with Gasteiger partial charge in [0.25, 0.3) is 0 Å². The minimum absolute atomic E-state index is 1.16. The molecule has 192 valence electrons. The summed E-state index contributed by atoms with van der Waals surface area (Å²) in [6.07, 6.45) is 2.20. The summed E-state index contributed by atoms with van der Waals surface area (Å²) in [4.78, 5) is 0. The molecular formula is C38H25N3. The third-order valence-corrected chi connectivity index (χ3v) is 8.45. The van der Waals surface area contributed by atoms with E-state index in [1.54, 1.807) is 0 Å². The van der Waals surface area contributed by atoms with Crippen LogP contribution < -0.4 is 0 Å². The van der Waals surface area contributed by atoms with Crippen LogP contribution in [0.15, 0.2) is 152 Å². The average molecular weight is 524 g/mol. The molecule has 0 aliphatic carbocycles. The molecule has 0 saturated heterocycles. The maximum atomic E-state index is 2.38. The lowest BCUT2D eigenvalue weighted by atomic mass is 10.1. The molecule has 9 aromatic rings. The molecule has 6 aromatic carbocycles. The summed E-state index contributed by atoms with van der Waals surface area (Å²) in [5, 5.41) is 6.27. The molecule has 0 unspecified atom stereocenters. The molecule has 0 atom stereocenters. The number of hydrogen-bond acceptors (Lipinski definition) is 0. The predicted molar refractivity (Wildman–Crippen MR) is 172 cm³/mol. The Bertz CT molecular complexity index is 2400. The maximum absolute atomic E-state index is 2.38. The van der Waals surface area contributed by atoms with E-state index in [1.807, 2.05) is 0 Å². The summed E-state index contributed by atoms with van der Waals surface area (Å²) in [7, 11) is 0. The standard InChI is InChI=1S/C38H25N3/c1-3-11-27(12-4-1)40-34-17-9-7-15-30(34)32-24-29(19-20-36(32)40)39-22-21-26-23-38-33(25-37(26)39)31-16-8-10-18-35(31)41(38)28-13-5-2-6-14-28/h1-25H. The molecule has 3 nitrogen and oxygen atoms in total. The van der Waals surface area contributed by atoms with Crippen LogP contribution in [0.2, 0.25) is 0 Å². The van der Waals surface area contributed by atoms with Gasteiger partial charge < -0.3 is 13.7 Å².